The Labute approximate surface area is 78.3 Å². The molecule has 3 nitrogen and oxygen atoms in total. The third-order valence-corrected chi connectivity index (χ3v) is 2.19. The number of ether oxygens (including phenoxy) is 1. The molecule has 1 radical (unpaired) electrons. The van der Waals surface area contributed by atoms with Crippen molar-refractivity contribution in [3.05, 3.63) is 30.3 Å². The van der Waals surface area contributed by atoms with Gasteiger partial charge in [0.05, 0.1) is 5.69 Å². The molecule has 13 heavy (non-hydrogen) atoms. The van der Waals surface area contributed by atoms with Crippen LogP contribution in [0.4, 0.5) is 5.69 Å². The van der Waals surface area contributed by atoms with E-state index in [1.54, 1.807) is 7.11 Å². The van der Waals surface area contributed by atoms with Gasteiger partial charge in [0, 0.05) is 20.1 Å². The first-order valence-electron chi connectivity index (χ1n) is 4.46. The first-order valence-corrected chi connectivity index (χ1v) is 4.46. The quantitative estimate of drug-likeness (QED) is 0.682. The predicted octanol–water partition coefficient (Wildman–Crippen LogP) is 1.39. The summed E-state index contributed by atoms with van der Waals surface area (Å²) in [4.78, 5) is 0. The summed E-state index contributed by atoms with van der Waals surface area (Å²) in [6, 6.07) is 10.1. The van der Waals surface area contributed by atoms with Crippen molar-refractivity contribution in [2.75, 3.05) is 18.7 Å². The summed E-state index contributed by atoms with van der Waals surface area (Å²) in [6.45, 7) is 0.855. The molecule has 69 valence electrons. The van der Waals surface area contributed by atoms with Gasteiger partial charge in [-0.15, -0.1) is 5.43 Å². The van der Waals surface area contributed by atoms with Gasteiger partial charge in [-0.05, 0) is 12.1 Å². The van der Waals surface area contributed by atoms with Crippen LogP contribution in [-0.4, -0.2) is 19.9 Å². The summed E-state index contributed by atoms with van der Waals surface area (Å²) < 4.78 is 5.31. The molecule has 1 unspecified atom stereocenters. The average Bonchev–Trinajstić information content (AvgIpc) is 2.67. The topological polar surface area (TPSA) is 26.6 Å². The van der Waals surface area contributed by atoms with Crippen LogP contribution >= 0.6 is 0 Å². The molecule has 0 aliphatic carbocycles. The van der Waals surface area contributed by atoms with Crippen LogP contribution in [0.5, 0.6) is 0 Å². The Hall–Kier alpha value is -1.06. The average molecular weight is 177 g/mol. The number of methoxy groups -OCH3 is 1. The lowest BCUT2D eigenvalue weighted by Gasteiger charge is -2.22. The maximum absolute atomic E-state index is 5.31. The van der Waals surface area contributed by atoms with E-state index in [0.717, 1.165) is 18.7 Å². The number of para-hydroxylation sites is 1. The fourth-order valence-corrected chi connectivity index (χ4v) is 1.54. The number of rotatable bonds is 2. The highest BCUT2D eigenvalue weighted by atomic mass is 16.5. The Morgan fingerprint density at radius 3 is 2.85 bits per heavy atom. The summed E-state index contributed by atoms with van der Waals surface area (Å²) in [5.74, 6) is 0. The summed E-state index contributed by atoms with van der Waals surface area (Å²) in [5.41, 5.74) is 5.47. The van der Waals surface area contributed by atoms with E-state index in [1.807, 2.05) is 35.3 Å². The van der Waals surface area contributed by atoms with Crippen LogP contribution in [0.3, 0.4) is 0 Å². The molecule has 0 aromatic heterocycles. The zero-order valence-electron chi connectivity index (χ0n) is 7.68. The van der Waals surface area contributed by atoms with E-state index in [9.17, 15) is 0 Å². The molecule has 1 aliphatic rings. The van der Waals surface area contributed by atoms with Crippen molar-refractivity contribution in [3.8, 4) is 0 Å². The minimum absolute atomic E-state index is 0.113. The molecule has 1 atom stereocenters. The molecule has 0 bridgehead atoms. The number of nitrogens with zero attached hydrogens (tertiary/aromatic N) is 2. The van der Waals surface area contributed by atoms with Gasteiger partial charge in [0.15, 0.2) is 0 Å². The second kappa shape index (κ2) is 3.77. The lowest BCUT2D eigenvalue weighted by atomic mass is 10.3. The third kappa shape index (κ3) is 1.66. The van der Waals surface area contributed by atoms with Gasteiger partial charge >= 0.3 is 0 Å². The second-order valence-electron chi connectivity index (χ2n) is 3.02. The van der Waals surface area contributed by atoms with Crippen LogP contribution < -0.4 is 10.4 Å². The Bertz CT molecular complexity index is 263. The first-order chi connectivity index (χ1) is 6.42. The first kappa shape index (κ1) is 8.53. The van der Waals surface area contributed by atoms with Gasteiger partial charge < -0.3 is 4.74 Å². The maximum atomic E-state index is 5.31. The standard InChI is InChI=1S/C10H13N2O/c1-13-10-7-8-11-12(10)9-5-3-2-4-6-9/h2-6,10H,7-8H2,1H3. The van der Waals surface area contributed by atoms with E-state index in [2.05, 4.69) is 5.43 Å². The number of anilines is 1. The van der Waals surface area contributed by atoms with Crippen molar-refractivity contribution < 1.29 is 4.74 Å². The van der Waals surface area contributed by atoms with Gasteiger partial charge in [-0.25, -0.2) is 0 Å². The van der Waals surface area contributed by atoms with Crippen molar-refractivity contribution in [1.82, 2.24) is 5.43 Å². The van der Waals surface area contributed by atoms with Crippen molar-refractivity contribution >= 4 is 5.69 Å². The third-order valence-electron chi connectivity index (χ3n) is 2.19. The van der Waals surface area contributed by atoms with Crippen LogP contribution in [0.1, 0.15) is 6.42 Å². The molecule has 1 aromatic rings. The minimum Gasteiger partial charge on any atom is -0.360 e. The van der Waals surface area contributed by atoms with E-state index in [4.69, 9.17) is 4.74 Å². The Morgan fingerprint density at radius 1 is 1.38 bits per heavy atom. The molecule has 1 saturated heterocycles. The predicted molar refractivity (Wildman–Crippen MR) is 51.3 cm³/mol. The SMILES string of the molecule is COC1CC[N]N1c1ccccc1. The maximum Gasteiger partial charge on any atom is 0.146 e. The van der Waals surface area contributed by atoms with Crippen LogP contribution in [0.15, 0.2) is 30.3 Å². The zero-order valence-corrected chi connectivity index (χ0v) is 7.68. The van der Waals surface area contributed by atoms with E-state index in [1.165, 1.54) is 0 Å². The summed E-state index contributed by atoms with van der Waals surface area (Å²) in [7, 11) is 1.72. The fraction of sp³-hybridized carbons (Fsp3) is 0.400. The van der Waals surface area contributed by atoms with Crippen molar-refractivity contribution in [2.24, 2.45) is 0 Å². The molecule has 1 aliphatic heterocycles. The van der Waals surface area contributed by atoms with Crippen LogP contribution in [0, 0.1) is 0 Å². The molecule has 0 amide bonds. The minimum atomic E-state index is 0.113. The molecule has 2 rings (SSSR count). The zero-order chi connectivity index (χ0) is 9.10. The lowest BCUT2D eigenvalue weighted by Crippen LogP contribution is -2.33. The molecule has 3 heteroatoms. The monoisotopic (exact) mass is 177 g/mol. The molecule has 1 aromatic carbocycles. The summed E-state index contributed by atoms with van der Waals surface area (Å²) >= 11 is 0. The Balaban J connectivity index is 2.16. The lowest BCUT2D eigenvalue weighted by molar-refractivity contribution is 0.109. The van der Waals surface area contributed by atoms with Gasteiger partial charge in [-0.3, -0.25) is 5.01 Å². The van der Waals surface area contributed by atoms with Crippen molar-refractivity contribution in [1.29, 1.82) is 0 Å². The van der Waals surface area contributed by atoms with E-state index >= 15 is 0 Å². The molecule has 0 N–H and O–H groups in total. The number of benzene rings is 1. The largest absolute Gasteiger partial charge is 0.360 e. The van der Waals surface area contributed by atoms with Crippen molar-refractivity contribution in [3.63, 3.8) is 0 Å². The second-order valence-corrected chi connectivity index (χ2v) is 3.02. The fourth-order valence-electron chi connectivity index (χ4n) is 1.54. The molecular formula is C10H13N2O. The van der Waals surface area contributed by atoms with E-state index in [0.29, 0.717) is 0 Å². The molecular weight excluding hydrogens is 164 g/mol. The van der Waals surface area contributed by atoms with Gasteiger partial charge in [0.2, 0.25) is 0 Å². The van der Waals surface area contributed by atoms with Gasteiger partial charge in [-0.1, -0.05) is 18.2 Å². The van der Waals surface area contributed by atoms with Crippen molar-refractivity contribution in [2.45, 2.75) is 12.6 Å². The van der Waals surface area contributed by atoms with Gasteiger partial charge in [0.25, 0.3) is 0 Å². The van der Waals surface area contributed by atoms with Gasteiger partial charge in [-0.2, -0.15) is 0 Å². The molecule has 1 fully saturated rings. The van der Waals surface area contributed by atoms with Crippen LogP contribution in [0.2, 0.25) is 0 Å². The van der Waals surface area contributed by atoms with Gasteiger partial charge in [0.1, 0.15) is 6.23 Å². The Morgan fingerprint density at radius 2 is 2.15 bits per heavy atom. The number of hydrogen-bond acceptors (Lipinski definition) is 2. The van der Waals surface area contributed by atoms with Crippen LogP contribution in [0.25, 0.3) is 0 Å². The van der Waals surface area contributed by atoms with E-state index < -0.39 is 0 Å². The highest BCUT2D eigenvalue weighted by Gasteiger charge is 2.25. The summed E-state index contributed by atoms with van der Waals surface area (Å²) in [6.07, 6.45) is 1.09. The molecule has 0 spiro atoms. The normalized spacial score (nSPS) is 22.2. The number of hydrogen-bond donors (Lipinski definition) is 0. The highest BCUT2D eigenvalue weighted by molar-refractivity contribution is 5.45. The Kier molecular flexibility index (Phi) is 2.47. The molecule has 1 heterocycles. The molecule has 0 saturated carbocycles. The van der Waals surface area contributed by atoms with Crippen LogP contribution in [-0.2, 0) is 4.74 Å². The summed E-state index contributed by atoms with van der Waals surface area (Å²) in [5, 5.41) is 1.94. The highest BCUT2D eigenvalue weighted by Crippen LogP contribution is 2.20. The smallest absolute Gasteiger partial charge is 0.146 e. The van der Waals surface area contributed by atoms with E-state index in [-0.39, 0.29) is 6.23 Å².